The Bertz CT molecular complexity index is 615. The highest BCUT2D eigenvalue weighted by Gasteiger charge is 2.22. The van der Waals surface area contributed by atoms with Crippen molar-refractivity contribution in [3.8, 4) is 5.97 Å². The third-order valence-electron chi connectivity index (χ3n) is 4.93. The first-order valence-corrected chi connectivity index (χ1v) is 9.20. The lowest BCUT2D eigenvalue weighted by Crippen LogP contribution is -2.36. The highest BCUT2D eigenvalue weighted by Crippen LogP contribution is 2.15. The SMILES string of the molecule is C=CCCC(C=C)NCc1ccc(CN2CCB(C#N)CC2)nc1C. The molecular weight excluding hydrogens is 307 g/mol. The van der Waals surface area contributed by atoms with Gasteiger partial charge in [0.2, 0.25) is 0 Å². The summed E-state index contributed by atoms with van der Waals surface area (Å²) in [6.45, 7) is 13.7. The van der Waals surface area contributed by atoms with Crippen LogP contribution < -0.4 is 5.32 Å². The molecule has 0 saturated carbocycles. The number of nitrogens with zero attached hydrogens (tertiary/aromatic N) is 3. The first-order valence-electron chi connectivity index (χ1n) is 9.20. The van der Waals surface area contributed by atoms with Crippen LogP contribution in [0, 0.1) is 18.2 Å². The fourth-order valence-electron chi connectivity index (χ4n) is 3.21. The summed E-state index contributed by atoms with van der Waals surface area (Å²) in [6, 6.07) is 4.62. The summed E-state index contributed by atoms with van der Waals surface area (Å²) in [5.74, 6) is 2.38. The van der Waals surface area contributed by atoms with Gasteiger partial charge >= 0.3 is 0 Å². The molecule has 1 fully saturated rings. The molecule has 0 aliphatic carbocycles. The van der Waals surface area contributed by atoms with Gasteiger partial charge in [0, 0.05) is 30.8 Å². The average molecular weight is 336 g/mol. The van der Waals surface area contributed by atoms with Gasteiger partial charge in [0.1, 0.15) is 0 Å². The number of aromatic nitrogens is 1. The Kier molecular flexibility index (Phi) is 7.91. The molecule has 1 aromatic heterocycles. The van der Waals surface area contributed by atoms with Crippen molar-refractivity contribution in [2.45, 2.75) is 51.5 Å². The van der Waals surface area contributed by atoms with E-state index in [1.807, 2.05) is 12.2 Å². The number of rotatable bonds is 9. The van der Waals surface area contributed by atoms with Crippen LogP contribution in [0.3, 0.4) is 0 Å². The fraction of sp³-hybridized carbons (Fsp3) is 0.500. The predicted octanol–water partition coefficient (Wildman–Crippen LogP) is 3.37. The molecule has 1 unspecified atom stereocenters. The van der Waals surface area contributed by atoms with Crippen LogP contribution in [0.25, 0.3) is 0 Å². The van der Waals surface area contributed by atoms with Crippen LogP contribution in [-0.4, -0.2) is 35.7 Å². The van der Waals surface area contributed by atoms with Crippen molar-refractivity contribution >= 4 is 6.71 Å². The fourth-order valence-corrected chi connectivity index (χ4v) is 3.21. The molecule has 1 aliphatic heterocycles. The Hall–Kier alpha value is -1.90. The van der Waals surface area contributed by atoms with Crippen molar-refractivity contribution in [2.75, 3.05) is 13.1 Å². The third-order valence-corrected chi connectivity index (χ3v) is 4.93. The maximum absolute atomic E-state index is 8.99. The highest BCUT2D eigenvalue weighted by molar-refractivity contribution is 6.67. The van der Waals surface area contributed by atoms with Gasteiger partial charge in [-0.05, 0) is 57.1 Å². The summed E-state index contributed by atoms with van der Waals surface area (Å²) < 4.78 is 0. The van der Waals surface area contributed by atoms with Crippen LogP contribution in [0.4, 0.5) is 0 Å². The second kappa shape index (κ2) is 10.2. The van der Waals surface area contributed by atoms with Crippen LogP contribution in [0.1, 0.15) is 29.8 Å². The van der Waals surface area contributed by atoms with Gasteiger partial charge in [0.25, 0.3) is 6.71 Å². The lowest BCUT2D eigenvalue weighted by molar-refractivity contribution is 0.281. The second-order valence-electron chi connectivity index (χ2n) is 6.82. The summed E-state index contributed by atoms with van der Waals surface area (Å²) in [5.41, 5.74) is 3.43. The van der Waals surface area contributed by atoms with Gasteiger partial charge in [-0.3, -0.25) is 9.88 Å². The summed E-state index contributed by atoms with van der Waals surface area (Å²) in [4.78, 5) is 7.18. The van der Waals surface area contributed by atoms with E-state index in [-0.39, 0.29) is 6.71 Å². The van der Waals surface area contributed by atoms with Crippen LogP contribution in [0.15, 0.2) is 37.4 Å². The molecule has 0 aromatic carbocycles. The van der Waals surface area contributed by atoms with Crippen molar-refractivity contribution in [1.29, 1.82) is 5.26 Å². The smallest absolute Gasteiger partial charge is 0.270 e. The Morgan fingerprint density at radius 3 is 2.76 bits per heavy atom. The lowest BCUT2D eigenvalue weighted by atomic mass is 9.45. The maximum atomic E-state index is 8.99. The van der Waals surface area contributed by atoms with Crippen molar-refractivity contribution in [2.24, 2.45) is 0 Å². The zero-order valence-corrected chi connectivity index (χ0v) is 15.4. The van der Waals surface area contributed by atoms with Gasteiger partial charge in [-0.25, -0.2) is 5.26 Å². The molecule has 0 amide bonds. The van der Waals surface area contributed by atoms with Gasteiger partial charge in [0.05, 0.1) is 5.69 Å². The molecule has 5 heteroatoms. The molecule has 0 spiro atoms. The minimum atomic E-state index is 0.235. The van der Waals surface area contributed by atoms with E-state index in [9.17, 15) is 0 Å². The number of hydrogen-bond acceptors (Lipinski definition) is 4. The van der Waals surface area contributed by atoms with Crippen molar-refractivity contribution in [3.05, 3.63) is 54.4 Å². The predicted molar refractivity (Wildman–Crippen MR) is 105 cm³/mol. The van der Waals surface area contributed by atoms with Crippen LogP contribution in [0.5, 0.6) is 0 Å². The number of pyridine rings is 1. The average Bonchev–Trinajstić information content (AvgIpc) is 2.64. The van der Waals surface area contributed by atoms with E-state index < -0.39 is 0 Å². The minimum Gasteiger partial charge on any atom is -0.306 e. The Balaban J connectivity index is 1.86. The molecule has 1 aromatic rings. The number of allylic oxidation sites excluding steroid dienone is 1. The van der Waals surface area contributed by atoms with Gasteiger partial charge in [0.15, 0.2) is 0 Å². The van der Waals surface area contributed by atoms with Gasteiger partial charge in [-0.15, -0.1) is 13.2 Å². The standard InChI is InChI=1S/C20H29BN4/c1-4-6-7-19(5-2)23-14-18-8-9-20(24-17(18)3)15-25-12-10-21(16-22)11-13-25/h4-5,8-9,19,23H,1-2,6-7,10-15H2,3H3. The largest absolute Gasteiger partial charge is 0.306 e. The van der Waals surface area contributed by atoms with Crippen LogP contribution >= 0.6 is 0 Å². The summed E-state index contributed by atoms with van der Waals surface area (Å²) in [6.07, 6.45) is 7.87. The summed E-state index contributed by atoms with van der Waals surface area (Å²) >= 11 is 0. The highest BCUT2D eigenvalue weighted by atomic mass is 15.1. The number of hydrogen-bond donors (Lipinski definition) is 1. The molecule has 132 valence electrons. The Labute approximate surface area is 152 Å². The Morgan fingerprint density at radius 2 is 2.16 bits per heavy atom. The molecule has 0 radical (unpaired) electrons. The van der Waals surface area contributed by atoms with Gasteiger partial charge < -0.3 is 5.32 Å². The van der Waals surface area contributed by atoms with Crippen LogP contribution in [0.2, 0.25) is 12.6 Å². The first-order chi connectivity index (χ1) is 12.2. The monoisotopic (exact) mass is 336 g/mol. The van der Waals surface area contributed by atoms with E-state index in [0.29, 0.717) is 6.04 Å². The number of aryl methyl sites for hydroxylation is 1. The molecule has 1 saturated heterocycles. The molecule has 0 bridgehead atoms. The molecule has 25 heavy (non-hydrogen) atoms. The molecule has 1 N–H and O–H groups in total. The van der Waals surface area contributed by atoms with Crippen molar-refractivity contribution in [1.82, 2.24) is 15.2 Å². The molecule has 1 aliphatic rings. The quantitative estimate of drug-likeness (QED) is 0.555. The van der Waals surface area contributed by atoms with Gasteiger partial charge in [-0.2, -0.15) is 0 Å². The van der Waals surface area contributed by atoms with Crippen molar-refractivity contribution in [3.63, 3.8) is 0 Å². The van der Waals surface area contributed by atoms with E-state index in [0.717, 1.165) is 63.0 Å². The zero-order chi connectivity index (χ0) is 18.1. The van der Waals surface area contributed by atoms with Crippen LogP contribution in [-0.2, 0) is 13.1 Å². The molecule has 2 heterocycles. The first kappa shape index (κ1) is 19.4. The Morgan fingerprint density at radius 1 is 1.40 bits per heavy atom. The minimum absolute atomic E-state index is 0.235. The van der Waals surface area contributed by atoms with E-state index in [2.05, 4.69) is 48.4 Å². The topological polar surface area (TPSA) is 52.0 Å². The lowest BCUT2D eigenvalue weighted by Gasteiger charge is -2.27. The van der Waals surface area contributed by atoms with E-state index in [1.165, 1.54) is 5.56 Å². The molecule has 4 nitrogen and oxygen atoms in total. The van der Waals surface area contributed by atoms with Gasteiger partial charge in [-0.1, -0.05) is 18.2 Å². The second-order valence-corrected chi connectivity index (χ2v) is 6.82. The van der Waals surface area contributed by atoms with Crippen molar-refractivity contribution < 1.29 is 0 Å². The summed E-state index contributed by atoms with van der Waals surface area (Å²) in [7, 11) is 0. The number of nitrogens with one attached hydrogen (secondary N) is 1. The third kappa shape index (κ3) is 6.15. The molecule has 2 rings (SSSR count). The summed E-state index contributed by atoms with van der Waals surface area (Å²) in [5, 5.41) is 12.5. The normalized spacial score (nSPS) is 16.2. The maximum Gasteiger partial charge on any atom is 0.270 e. The zero-order valence-electron chi connectivity index (χ0n) is 15.4. The van der Waals surface area contributed by atoms with E-state index >= 15 is 0 Å². The van der Waals surface area contributed by atoms with E-state index in [4.69, 9.17) is 10.2 Å². The number of nitriles is 1. The van der Waals surface area contributed by atoms with E-state index in [1.54, 1.807) is 0 Å². The molecular formula is C20H29BN4. The molecule has 1 atom stereocenters.